The lowest BCUT2D eigenvalue weighted by Crippen LogP contribution is -2.54. The Morgan fingerprint density at radius 1 is 1.09 bits per heavy atom. The van der Waals surface area contributed by atoms with Gasteiger partial charge in [-0.1, -0.05) is 18.2 Å². The zero-order valence-electron chi connectivity index (χ0n) is 19.1. The fraction of sp³-hybridized carbons (Fsp3) is 0.400. The number of hydrogen-bond acceptors (Lipinski definition) is 6. The molecule has 0 aliphatic carbocycles. The highest BCUT2D eigenvalue weighted by Crippen LogP contribution is 2.35. The van der Waals surface area contributed by atoms with Crippen molar-refractivity contribution in [2.75, 3.05) is 44.4 Å². The summed E-state index contributed by atoms with van der Waals surface area (Å²) in [5.74, 6) is 0.435. The smallest absolute Gasteiger partial charge is 0.265 e. The molecule has 8 nitrogen and oxygen atoms in total. The number of aryl methyl sites for hydroxylation is 2. The molecule has 0 radical (unpaired) electrons. The number of Topliss-reactive ketones (excluding diaryl/α,β-unsaturated/α-hetero) is 1. The zero-order chi connectivity index (χ0) is 23.5. The van der Waals surface area contributed by atoms with E-state index in [0.717, 1.165) is 11.1 Å². The zero-order valence-corrected chi connectivity index (χ0v) is 19.1. The monoisotopic (exact) mass is 452 g/mol. The van der Waals surface area contributed by atoms with Crippen LogP contribution in [0.3, 0.4) is 0 Å². The van der Waals surface area contributed by atoms with Crippen LogP contribution in [0, 0.1) is 13.8 Å². The molecule has 2 amide bonds. The van der Waals surface area contributed by atoms with E-state index in [1.165, 1.54) is 4.90 Å². The van der Waals surface area contributed by atoms with Crippen molar-refractivity contribution >= 4 is 23.3 Å². The molecule has 2 aromatic carbocycles. The lowest BCUT2D eigenvalue weighted by Gasteiger charge is -2.37. The predicted octanol–water partition coefficient (Wildman–Crippen LogP) is 2.54. The molecule has 0 N–H and O–H groups in total. The molecule has 0 aromatic heterocycles. The van der Waals surface area contributed by atoms with Gasteiger partial charge in [0.2, 0.25) is 5.91 Å². The third kappa shape index (κ3) is 4.71. The van der Waals surface area contributed by atoms with Gasteiger partial charge < -0.3 is 19.1 Å². The van der Waals surface area contributed by atoms with Gasteiger partial charge in [0.15, 0.2) is 19.0 Å². The van der Waals surface area contributed by atoms with Crippen molar-refractivity contribution in [2.45, 2.75) is 26.8 Å². The Balaban J connectivity index is 1.55. The highest BCUT2D eigenvalue weighted by Gasteiger charge is 2.36. The highest BCUT2D eigenvalue weighted by molar-refractivity contribution is 6.05. The van der Waals surface area contributed by atoms with Crippen LogP contribution in [-0.4, -0.2) is 68.1 Å². The van der Waals surface area contributed by atoms with Crippen molar-refractivity contribution in [1.82, 2.24) is 4.90 Å². The lowest BCUT2D eigenvalue weighted by atomic mass is 10.1. The molecular weight excluding hydrogens is 424 g/mol. The quantitative estimate of drug-likeness (QED) is 0.627. The van der Waals surface area contributed by atoms with Crippen LogP contribution in [0.2, 0.25) is 0 Å². The van der Waals surface area contributed by atoms with Gasteiger partial charge in [-0.25, -0.2) is 0 Å². The standard InChI is InChI=1S/C25H28N2O6/c1-16-5-4-6-17(2)24(16)33-14-21(28)19-7-8-22-20(13-19)27(23(29)15-32-22)18(3)25(30)26-9-11-31-12-10-26/h4-8,13,18H,9-12,14-15H2,1-3H3. The van der Waals surface area contributed by atoms with E-state index >= 15 is 0 Å². The number of amides is 2. The number of ketones is 1. The molecule has 2 aromatic rings. The van der Waals surface area contributed by atoms with Crippen LogP contribution in [0.4, 0.5) is 5.69 Å². The maximum absolute atomic E-state index is 13.0. The Kier molecular flexibility index (Phi) is 6.65. The van der Waals surface area contributed by atoms with Crippen LogP contribution in [0.5, 0.6) is 11.5 Å². The summed E-state index contributed by atoms with van der Waals surface area (Å²) >= 11 is 0. The normalized spacial score (nSPS) is 16.6. The van der Waals surface area contributed by atoms with E-state index in [1.807, 2.05) is 32.0 Å². The van der Waals surface area contributed by atoms with Crippen molar-refractivity contribution in [3.05, 3.63) is 53.1 Å². The van der Waals surface area contributed by atoms with Crippen LogP contribution in [0.15, 0.2) is 36.4 Å². The topological polar surface area (TPSA) is 85.4 Å². The molecule has 33 heavy (non-hydrogen) atoms. The Bertz CT molecular complexity index is 1060. The van der Waals surface area contributed by atoms with E-state index in [9.17, 15) is 14.4 Å². The summed E-state index contributed by atoms with van der Waals surface area (Å²) in [6.45, 7) is 7.20. The number of hydrogen-bond donors (Lipinski definition) is 0. The van der Waals surface area contributed by atoms with Crippen LogP contribution < -0.4 is 14.4 Å². The highest BCUT2D eigenvalue weighted by atomic mass is 16.5. The van der Waals surface area contributed by atoms with Crippen molar-refractivity contribution in [1.29, 1.82) is 0 Å². The van der Waals surface area contributed by atoms with Gasteiger partial charge in [-0.2, -0.15) is 0 Å². The number of morpholine rings is 1. The number of rotatable bonds is 6. The summed E-state index contributed by atoms with van der Waals surface area (Å²) in [6.07, 6.45) is 0. The van der Waals surface area contributed by atoms with Gasteiger partial charge >= 0.3 is 0 Å². The van der Waals surface area contributed by atoms with E-state index in [4.69, 9.17) is 14.2 Å². The summed E-state index contributed by atoms with van der Waals surface area (Å²) < 4.78 is 16.7. The first-order valence-electron chi connectivity index (χ1n) is 11.0. The van der Waals surface area contributed by atoms with Gasteiger partial charge in [-0.3, -0.25) is 19.3 Å². The van der Waals surface area contributed by atoms with E-state index < -0.39 is 6.04 Å². The van der Waals surface area contributed by atoms with Gasteiger partial charge in [0.25, 0.3) is 5.91 Å². The number of carbonyl (C=O) groups is 3. The Hall–Kier alpha value is -3.39. The summed E-state index contributed by atoms with van der Waals surface area (Å²) in [5, 5.41) is 0. The van der Waals surface area contributed by atoms with E-state index in [1.54, 1.807) is 30.0 Å². The number of benzene rings is 2. The number of para-hydroxylation sites is 1. The second-order valence-corrected chi connectivity index (χ2v) is 8.28. The molecular formula is C25H28N2O6. The van der Waals surface area contributed by atoms with Gasteiger partial charge in [0.1, 0.15) is 17.5 Å². The summed E-state index contributed by atoms with van der Waals surface area (Å²) in [6, 6.07) is 9.98. The molecule has 1 atom stereocenters. The van der Waals surface area contributed by atoms with Gasteiger partial charge in [-0.15, -0.1) is 0 Å². The Morgan fingerprint density at radius 2 is 1.79 bits per heavy atom. The number of carbonyl (C=O) groups excluding carboxylic acids is 3. The van der Waals surface area contributed by atoms with Crippen molar-refractivity contribution in [3.63, 3.8) is 0 Å². The van der Waals surface area contributed by atoms with E-state index in [2.05, 4.69) is 0 Å². The second kappa shape index (κ2) is 9.62. The second-order valence-electron chi connectivity index (χ2n) is 8.28. The molecule has 0 bridgehead atoms. The minimum atomic E-state index is -0.727. The fourth-order valence-corrected chi connectivity index (χ4v) is 4.18. The number of fused-ring (bicyclic) bond motifs is 1. The average molecular weight is 453 g/mol. The molecule has 174 valence electrons. The van der Waals surface area contributed by atoms with E-state index in [0.29, 0.717) is 49.1 Å². The minimum Gasteiger partial charge on any atom is -0.485 e. The number of nitrogens with zero attached hydrogens (tertiary/aromatic N) is 2. The summed E-state index contributed by atoms with van der Waals surface area (Å²) in [4.78, 5) is 41.8. The Morgan fingerprint density at radius 3 is 2.48 bits per heavy atom. The van der Waals surface area contributed by atoms with Crippen LogP contribution >= 0.6 is 0 Å². The maximum Gasteiger partial charge on any atom is 0.265 e. The summed E-state index contributed by atoms with van der Waals surface area (Å²) in [7, 11) is 0. The molecule has 2 aliphatic heterocycles. The minimum absolute atomic E-state index is 0.137. The van der Waals surface area contributed by atoms with Crippen LogP contribution in [0.25, 0.3) is 0 Å². The number of ether oxygens (including phenoxy) is 3. The first-order chi connectivity index (χ1) is 15.9. The molecule has 2 heterocycles. The molecule has 1 unspecified atom stereocenters. The Labute approximate surface area is 193 Å². The van der Waals surface area contributed by atoms with Gasteiger partial charge in [-0.05, 0) is 50.1 Å². The maximum atomic E-state index is 13.0. The fourth-order valence-electron chi connectivity index (χ4n) is 4.18. The van der Waals surface area contributed by atoms with Gasteiger partial charge in [0, 0.05) is 18.7 Å². The molecule has 8 heteroatoms. The van der Waals surface area contributed by atoms with Gasteiger partial charge in [0.05, 0.1) is 18.9 Å². The van der Waals surface area contributed by atoms with E-state index in [-0.39, 0.29) is 30.8 Å². The largest absolute Gasteiger partial charge is 0.485 e. The number of anilines is 1. The third-order valence-electron chi connectivity index (χ3n) is 5.98. The third-order valence-corrected chi connectivity index (χ3v) is 5.98. The van der Waals surface area contributed by atoms with Crippen molar-refractivity contribution in [2.24, 2.45) is 0 Å². The van der Waals surface area contributed by atoms with Crippen LogP contribution in [0.1, 0.15) is 28.4 Å². The first kappa shape index (κ1) is 22.8. The molecule has 0 spiro atoms. The molecule has 0 saturated carbocycles. The van der Waals surface area contributed by atoms with Crippen molar-refractivity contribution < 1.29 is 28.6 Å². The molecule has 1 saturated heterocycles. The van der Waals surface area contributed by atoms with Crippen molar-refractivity contribution in [3.8, 4) is 11.5 Å². The SMILES string of the molecule is Cc1cccc(C)c1OCC(=O)c1ccc2c(c1)N(C(C)C(=O)N1CCOCC1)C(=O)CO2. The first-order valence-corrected chi connectivity index (χ1v) is 11.0. The molecule has 2 aliphatic rings. The predicted molar refractivity (Wildman–Crippen MR) is 122 cm³/mol. The average Bonchev–Trinajstić information content (AvgIpc) is 2.83. The lowest BCUT2D eigenvalue weighted by molar-refractivity contribution is -0.138. The summed E-state index contributed by atoms with van der Waals surface area (Å²) in [5.41, 5.74) is 2.70. The molecule has 4 rings (SSSR count). The molecule has 1 fully saturated rings. The van der Waals surface area contributed by atoms with Crippen LogP contribution in [-0.2, 0) is 14.3 Å².